The van der Waals surface area contributed by atoms with Gasteiger partial charge in [0.05, 0.1) is 11.8 Å². The first-order chi connectivity index (χ1) is 7.77. The van der Waals surface area contributed by atoms with E-state index in [0.717, 1.165) is 16.7 Å². The number of anilines is 1. The Morgan fingerprint density at radius 2 is 1.71 bits per heavy atom. The van der Waals surface area contributed by atoms with Gasteiger partial charge in [0.2, 0.25) is 10.0 Å². The lowest BCUT2D eigenvalue weighted by Gasteiger charge is -2.15. The van der Waals surface area contributed by atoms with E-state index in [0.29, 0.717) is 5.69 Å². The summed E-state index contributed by atoms with van der Waals surface area (Å²) in [6, 6.07) is 5.53. The van der Waals surface area contributed by atoms with Crippen molar-refractivity contribution in [2.75, 3.05) is 4.72 Å². The van der Waals surface area contributed by atoms with Crippen LogP contribution in [0.25, 0.3) is 0 Å². The first kappa shape index (κ1) is 13.5. The molecule has 1 aromatic rings. The lowest BCUT2D eigenvalue weighted by molar-refractivity contribution is 0.597. The van der Waals surface area contributed by atoms with Gasteiger partial charge in [-0.1, -0.05) is 17.7 Å². The van der Waals surface area contributed by atoms with Gasteiger partial charge in [0.25, 0.3) is 0 Å². The number of aryl methyl sites for hydroxylation is 3. The maximum atomic E-state index is 11.8. The summed E-state index contributed by atoms with van der Waals surface area (Å²) in [5, 5.41) is 7.59. The van der Waals surface area contributed by atoms with Crippen molar-refractivity contribution in [1.29, 1.82) is 5.26 Å². The van der Waals surface area contributed by atoms with E-state index in [1.807, 2.05) is 32.9 Å². The Morgan fingerprint density at radius 3 is 2.12 bits per heavy atom. The van der Waals surface area contributed by atoms with E-state index in [-0.39, 0.29) is 0 Å². The quantitative estimate of drug-likeness (QED) is 0.897. The number of rotatable bonds is 3. The van der Waals surface area contributed by atoms with Crippen LogP contribution in [0.5, 0.6) is 0 Å². The van der Waals surface area contributed by atoms with Crippen LogP contribution in [-0.2, 0) is 10.0 Å². The maximum absolute atomic E-state index is 11.8. The van der Waals surface area contributed by atoms with Crippen LogP contribution in [-0.4, -0.2) is 13.7 Å². The third kappa shape index (κ3) is 2.98. The first-order valence-electron chi connectivity index (χ1n) is 5.27. The Hall–Kier alpha value is -1.54. The Balaban J connectivity index is 3.18. The fourth-order valence-corrected chi connectivity index (χ4v) is 2.56. The number of sulfonamides is 1. The topological polar surface area (TPSA) is 70.0 Å². The molecule has 0 amide bonds. The van der Waals surface area contributed by atoms with Gasteiger partial charge in [-0.25, -0.2) is 8.42 Å². The summed E-state index contributed by atoms with van der Waals surface area (Å²) >= 11 is 0. The van der Waals surface area contributed by atoms with Crippen molar-refractivity contribution >= 4 is 15.7 Å². The zero-order chi connectivity index (χ0) is 13.2. The molecular weight excluding hydrogens is 236 g/mol. The minimum absolute atomic E-state index is 0.567. The third-order valence-corrected chi connectivity index (χ3v) is 4.09. The Morgan fingerprint density at radius 1 is 1.24 bits per heavy atom. The average molecular weight is 252 g/mol. The molecule has 1 aromatic carbocycles. The van der Waals surface area contributed by atoms with E-state index in [2.05, 4.69) is 4.72 Å². The summed E-state index contributed by atoms with van der Waals surface area (Å²) in [5.74, 6) is 0. The van der Waals surface area contributed by atoms with E-state index in [1.54, 1.807) is 6.07 Å². The minimum atomic E-state index is -3.63. The van der Waals surface area contributed by atoms with Crippen LogP contribution in [0.3, 0.4) is 0 Å². The van der Waals surface area contributed by atoms with Crippen molar-refractivity contribution in [3.05, 3.63) is 28.8 Å². The second-order valence-corrected chi connectivity index (χ2v) is 6.19. The van der Waals surface area contributed by atoms with E-state index in [1.165, 1.54) is 6.92 Å². The van der Waals surface area contributed by atoms with Crippen molar-refractivity contribution in [3.8, 4) is 6.07 Å². The van der Waals surface area contributed by atoms with Crippen molar-refractivity contribution in [1.82, 2.24) is 0 Å². The fraction of sp³-hybridized carbons (Fsp3) is 0.417. The zero-order valence-corrected chi connectivity index (χ0v) is 11.2. The van der Waals surface area contributed by atoms with Crippen LogP contribution < -0.4 is 4.72 Å². The lowest BCUT2D eigenvalue weighted by Crippen LogP contribution is -2.24. The number of nitrogens with one attached hydrogen (secondary N) is 1. The Labute approximate surface area is 102 Å². The molecule has 0 spiro atoms. The van der Waals surface area contributed by atoms with Crippen LogP contribution in [0.2, 0.25) is 0 Å². The summed E-state index contributed by atoms with van der Waals surface area (Å²) in [6.07, 6.45) is 0. The van der Waals surface area contributed by atoms with Crippen LogP contribution >= 0.6 is 0 Å². The average Bonchev–Trinajstić information content (AvgIpc) is 2.22. The van der Waals surface area contributed by atoms with E-state index < -0.39 is 15.3 Å². The smallest absolute Gasteiger partial charge is 0.248 e. The van der Waals surface area contributed by atoms with Gasteiger partial charge in [0, 0.05) is 0 Å². The molecule has 0 heterocycles. The monoisotopic (exact) mass is 252 g/mol. The molecule has 1 unspecified atom stereocenters. The molecule has 1 atom stereocenters. The normalized spacial score (nSPS) is 12.9. The number of hydrogen-bond acceptors (Lipinski definition) is 3. The van der Waals surface area contributed by atoms with Gasteiger partial charge in [-0.2, -0.15) is 5.26 Å². The molecule has 0 aromatic heterocycles. The number of nitriles is 1. The molecule has 0 saturated carbocycles. The molecule has 4 nitrogen and oxygen atoms in total. The second-order valence-electron chi connectivity index (χ2n) is 4.19. The lowest BCUT2D eigenvalue weighted by atomic mass is 10.1. The molecule has 17 heavy (non-hydrogen) atoms. The molecule has 0 aliphatic rings. The Kier molecular flexibility index (Phi) is 3.79. The Bertz CT molecular complexity index is 548. The maximum Gasteiger partial charge on any atom is 0.248 e. The number of hydrogen-bond donors (Lipinski definition) is 1. The van der Waals surface area contributed by atoms with Crippen molar-refractivity contribution < 1.29 is 8.42 Å². The van der Waals surface area contributed by atoms with Gasteiger partial charge >= 0.3 is 0 Å². The molecule has 0 bridgehead atoms. The van der Waals surface area contributed by atoms with Gasteiger partial charge in [0.1, 0.15) is 0 Å². The number of benzene rings is 1. The van der Waals surface area contributed by atoms with Gasteiger partial charge in [-0.3, -0.25) is 4.72 Å². The highest BCUT2D eigenvalue weighted by molar-refractivity contribution is 7.93. The summed E-state index contributed by atoms with van der Waals surface area (Å²) in [6.45, 7) is 7.00. The summed E-state index contributed by atoms with van der Waals surface area (Å²) < 4.78 is 26.1. The molecule has 1 rings (SSSR count). The van der Waals surface area contributed by atoms with E-state index in [4.69, 9.17) is 5.26 Å². The van der Waals surface area contributed by atoms with E-state index in [9.17, 15) is 8.42 Å². The SMILES string of the molecule is Cc1cc(C)c(NS(=O)(=O)C(C)C#N)c(C)c1. The summed E-state index contributed by atoms with van der Waals surface area (Å²) in [4.78, 5) is 0. The van der Waals surface area contributed by atoms with Gasteiger partial charge in [-0.15, -0.1) is 0 Å². The van der Waals surface area contributed by atoms with Crippen molar-refractivity contribution in [2.24, 2.45) is 0 Å². The first-order valence-corrected chi connectivity index (χ1v) is 6.81. The van der Waals surface area contributed by atoms with Crippen molar-refractivity contribution in [3.63, 3.8) is 0 Å². The summed E-state index contributed by atoms with van der Waals surface area (Å²) in [7, 11) is -3.63. The zero-order valence-electron chi connectivity index (χ0n) is 10.4. The molecule has 0 radical (unpaired) electrons. The second kappa shape index (κ2) is 4.76. The molecule has 1 N–H and O–H groups in total. The molecule has 5 heteroatoms. The van der Waals surface area contributed by atoms with Crippen LogP contribution in [0.15, 0.2) is 12.1 Å². The van der Waals surface area contributed by atoms with Gasteiger partial charge < -0.3 is 0 Å². The van der Waals surface area contributed by atoms with E-state index >= 15 is 0 Å². The van der Waals surface area contributed by atoms with Crippen LogP contribution in [0.4, 0.5) is 5.69 Å². The third-order valence-electron chi connectivity index (χ3n) is 2.57. The van der Waals surface area contributed by atoms with Crippen LogP contribution in [0, 0.1) is 32.1 Å². The largest absolute Gasteiger partial charge is 0.282 e. The molecule has 0 fully saturated rings. The van der Waals surface area contributed by atoms with Crippen LogP contribution in [0.1, 0.15) is 23.6 Å². The van der Waals surface area contributed by atoms with Gasteiger partial charge in [-0.05, 0) is 38.8 Å². The minimum Gasteiger partial charge on any atom is -0.282 e. The summed E-state index contributed by atoms with van der Waals surface area (Å²) in [5.41, 5.74) is 3.36. The predicted octanol–water partition coefficient (Wildman–Crippen LogP) is 2.27. The highest BCUT2D eigenvalue weighted by atomic mass is 32.2. The van der Waals surface area contributed by atoms with Gasteiger partial charge in [0.15, 0.2) is 5.25 Å². The molecular formula is C12H16N2O2S. The molecule has 0 aliphatic heterocycles. The van der Waals surface area contributed by atoms with Crippen molar-refractivity contribution in [2.45, 2.75) is 32.9 Å². The highest BCUT2D eigenvalue weighted by Crippen LogP contribution is 2.23. The highest BCUT2D eigenvalue weighted by Gasteiger charge is 2.21. The molecule has 0 saturated heterocycles. The molecule has 92 valence electrons. The number of nitrogens with zero attached hydrogens (tertiary/aromatic N) is 1. The standard InChI is InChI=1S/C12H16N2O2S/c1-8-5-9(2)12(10(3)6-8)14-17(15,16)11(4)7-13/h5-6,11,14H,1-4H3. The fourth-order valence-electron chi connectivity index (χ4n) is 1.64. The molecule has 0 aliphatic carbocycles. The predicted molar refractivity (Wildman–Crippen MR) is 68.3 cm³/mol.